The molecule has 1 unspecified atom stereocenters. The molecule has 5 nitrogen and oxygen atoms in total. The van der Waals surface area contributed by atoms with E-state index in [2.05, 4.69) is 5.32 Å². The van der Waals surface area contributed by atoms with Crippen LogP contribution < -0.4 is 5.32 Å². The Labute approximate surface area is 109 Å². The number of piperidine rings is 1. The van der Waals surface area contributed by atoms with Gasteiger partial charge in [-0.05, 0) is 38.1 Å². The van der Waals surface area contributed by atoms with Gasteiger partial charge in [-0.15, -0.1) is 0 Å². The highest BCUT2D eigenvalue weighted by atomic mass is 32.2. The van der Waals surface area contributed by atoms with E-state index in [9.17, 15) is 13.2 Å². The third-order valence-corrected chi connectivity index (χ3v) is 5.58. The van der Waals surface area contributed by atoms with Gasteiger partial charge in [0.1, 0.15) is 0 Å². The molecule has 2 fully saturated rings. The first-order valence-corrected chi connectivity index (χ1v) is 8.58. The summed E-state index contributed by atoms with van der Waals surface area (Å²) in [5.41, 5.74) is 0. The van der Waals surface area contributed by atoms with Crippen molar-refractivity contribution in [2.24, 2.45) is 5.92 Å². The summed E-state index contributed by atoms with van der Waals surface area (Å²) in [4.78, 5) is 13.7. The fourth-order valence-electron chi connectivity index (χ4n) is 2.67. The standard InChI is InChI=1S/C12H22N2O3S/c15-12(14-5-2-1-3-6-14)9-13-8-11-4-7-18(16,17)10-11/h11,13H,1-10H2. The van der Waals surface area contributed by atoms with E-state index in [1.807, 2.05) is 4.90 Å². The van der Waals surface area contributed by atoms with Crippen LogP contribution in [0.15, 0.2) is 0 Å². The molecule has 0 aromatic heterocycles. The van der Waals surface area contributed by atoms with Crippen LogP contribution in [0.2, 0.25) is 0 Å². The van der Waals surface area contributed by atoms with E-state index in [1.54, 1.807) is 0 Å². The molecule has 104 valence electrons. The van der Waals surface area contributed by atoms with Gasteiger partial charge >= 0.3 is 0 Å². The first-order valence-electron chi connectivity index (χ1n) is 6.76. The highest BCUT2D eigenvalue weighted by molar-refractivity contribution is 7.91. The van der Waals surface area contributed by atoms with Gasteiger partial charge in [-0.25, -0.2) is 8.42 Å². The van der Waals surface area contributed by atoms with Crippen molar-refractivity contribution in [3.63, 3.8) is 0 Å². The number of sulfone groups is 1. The molecule has 18 heavy (non-hydrogen) atoms. The molecule has 0 bridgehead atoms. The summed E-state index contributed by atoms with van der Waals surface area (Å²) in [5, 5.41) is 3.11. The van der Waals surface area contributed by atoms with E-state index < -0.39 is 9.84 Å². The number of hydrogen-bond donors (Lipinski definition) is 1. The molecule has 2 heterocycles. The second kappa shape index (κ2) is 6.02. The lowest BCUT2D eigenvalue weighted by molar-refractivity contribution is -0.131. The number of amides is 1. The number of carbonyl (C=O) groups excluding carboxylic acids is 1. The Morgan fingerprint density at radius 1 is 1.22 bits per heavy atom. The number of likely N-dealkylation sites (tertiary alicyclic amines) is 1. The summed E-state index contributed by atoms with van der Waals surface area (Å²) in [7, 11) is -2.80. The first kappa shape index (κ1) is 13.8. The van der Waals surface area contributed by atoms with E-state index >= 15 is 0 Å². The van der Waals surface area contributed by atoms with Crippen molar-refractivity contribution >= 4 is 15.7 Å². The molecule has 0 saturated carbocycles. The summed E-state index contributed by atoms with van der Waals surface area (Å²) in [5.74, 6) is 0.914. The van der Waals surface area contributed by atoms with Crippen molar-refractivity contribution in [3.05, 3.63) is 0 Å². The molecule has 6 heteroatoms. The molecular formula is C12H22N2O3S. The van der Waals surface area contributed by atoms with Gasteiger partial charge in [-0.3, -0.25) is 4.79 Å². The topological polar surface area (TPSA) is 66.5 Å². The average molecular weight is 274 g/mol. The van der Waals surface area contributed by atoms with Crippen molar-refractivity contribution in [1.29, 1.82) is 0 Å². The number of carbonyl (C=O) groups is 1. The van der Waals surface area contributed by atoms with E-state index in [0.29, 0.717) is 18.8 Å². The van der Waals surface area contributed by atoms with Crippen LogP contribution in [0.3, 0.4) is 0 Å². The number of nitrogens with one attached hydrogen (secondary N) is 1. The van der Waals surface area contributed by atoms with Gasteiger partial charge in [0.05, 0.1) is 18.1 Å². The fraction of sp³-hybridized carbons (Fsp3) is 0.917. The van der Waals surface area contributed by atoms with E-state index in [1.165, 1.54) is 6.42 Å². The predicted octanol–water partition coefficient (Wildman–Crippen LogP) is 0.0232. The molecule has 1 amide bonds. The number of nitrogens with zero attached hydrogens (tertiary/aromatic N) is 1. The summed E-state index contributed by atoms with van der Waals surface area (Å²) in [6.45, 7) is 2.73. The number of hydrogen-bond acceptors (Lipinski definition) is 4. The summed E-state index contributed by atoms with van der Waals surface area (Å²) in [6, 6.07) is 0. The molecular weight excluding hydrogens is 252 g/mol. The summed E-state index contributed by atoms with van der Waals surface area (Å²) < 4.78 is 22.6. The van der Waals surface area contributed by atoms with Crippen molar-refractivity contribution in [2.45, 2.75) is 25.7 Å². The molecule has 2 aliphatic heterocycles. The van der Waals surface area contributed by atoms with Crippen LogP contribution in [0.4, 0.5) is 0 Å². The summed E-state index contributed by atoms with van der Waals surface area (Å²) >= 11 is 0. The molecule has 1 atom stereocenters. The van der Waals surface area contributed by atoms with E-state index in [0.717, 1.165) is 32.4 Å². The van der Waals surface area contributed by atoms with Crippen LogP contribution in [-0.2, 0) is 14.6 Å². The van der Waals surface area contributed by atoms with Gasteiger partial charge in [0.15, 0.2) is 9.84 Å². The Morgan fingerprint density at radius 3 is 2.56 bits per heavy atom. The third kappa shape index (κ3) is 3.95. The van der Waals surface area contributed by atoms with Gasteiger partial charge in [-0.1, -0.05) is 0 Å². The lowest BCUT2D eigenvalue weighted by atomic mass is 10.1. The van der Waals surface area contributed by atoms with Gasteiger partial charge < -0.3 is 10.2 Å². The van der Waals surface area contributed by atoms with Crippen molar-refractivity contribution in [1.82, 2.24) is 10.2 Å². The fourth-order valence-corrected chi connectivity index (χ4v) is 4.53. The van der Waals surface area contributed by atoms with Crippen molar-refractivity contribution in [3.8, 4) is 0 Å². The molecule has 0 aromatic carbocycles. The summed E-state index contributed by atoms with van der Waals surface area (Å²) in [6.07, 6.45) is 4.16. The third-order valence-electron chi connectivity index (χ3n) is 3.74. The van der Waals surface area contributed by atoms with Gasteiger partial charge in [0, 0.05) is 13.1 Å². The van der Waals surface area contributed by atoms with E-state index in [4.69, 9.17) is 0 Å². The minimum Gasteiger partial charge on any atom is -0.342 e. The van der Waals surface area contributed by atoms with Crippen LogP contribution in [0.5, 0.6) is 0 Å². The van der Waals surface area contributed by atoms with Crippen LogP contribution in [-0.4, -0.2) is 56.9 Å². The molecule has 0 aliphatic carbocycles. The van der Waals surface area contributed by atoms with Gasteiger partial charge in [0.25, 0.3) is 0 Å². The lowest BCUT2D eigenvalue weighted by Gasteiger charge is -2.27. The maximum atomic E-state index is 11.8. The maximum Gasteiger partial charge on any atom is 0.236 e. The quantitative estimate of drug-likeness (QED) is 0.785. The zero-order chi connectivity index (χ0) is 13.0. The SMILES string of the molecule is O=C(CNCC1CCS(=O)(=O)C1)N1CCCCC1. The van der Waals surface area contributed by atoms with Crippen LogP contribution in [0.25, 0.3) is 0 Å². The minimum absolute atomic E-state index is 0.149. The molecule has 2 rings (SSSR count). The average Bonchev–Trinajstić information content (AvgIpc) is 2.70. The van der Waals surface area contributed by atoms with Crippen LogP contribution in [0.1, 0.15) is 25.7 Å². The number of rotatable bonds is 4. The zero-order valence-electron chi connectivity index (χ0n) is 10.7. The molecule has 2 aliphatic rings. The largest absolute Gasteiger partial charge is 0.342 e. The molecule has 0 radical (unpaired) electrons. The molecule has 2 saturated heterocycles. The second-order valence-electron chi connectivity index (χ2n) is 5.34. The van der Waals surface area contributed by atoms with Gasteiger partial charge in [0.2, 0.25) is 5.91 Å². The normalized spacial score (nSPS) is 27.3. The Balaban J connectivity index is 1.64. The van der Waals surface area contributed by atoms with Crippen molar-refractivity contribution < 1.29 is 13.2 Å². The van der Waals surface area contributed by atoms with Crippen LogP contribution in [0, 0.1) is 5.92 Å². The Kier molecular flexibility index (Phi) is 4.61. The van der Waals surface area contributed by atoms with Crippen LogP contribution >= 0.6 is 0 Å². The Bertz CT molecular complexity index is 388. The monoisotopic (exact) mass is 274 g/mol. The molecule has 0 spiro atoms. The smallest absolute Gasteiger partial charge is 0.236 e. The highest BCUT2D eigenvalue weighted by Crippen LogP contribution is 2.17. The first-order chi connectivity index (χ1) is 8.57. The van der Waals surface area contributed by atoms with E-state index in [-0.39, 0.29) is 17.6 Å². The zero-order valence-corrected chi connectivity index (χ0v) is 11.5. The van der Waals surface area contributed by atoms with Crippen molar-refractivity contribution in [2.75, 3.05) is 37.7 Å². The van der Waals surface area contributed by atoms with Gasteiger partial charge in [-0.2, -0.15) is 0 Å². The lowest BCUT2D eigenvalue weighted by Crippen LogP contribution is -2.42. The molecule has 1 N–H and O–H groups in total. The Morgan fingerprint density at radius 2 is 1.94 bits per heavy atom. The highest BCUT2D eigenvalue weighted by Gasteiger charge is 2.27. The predicted molar refractivity (Wildman–Crippen MR) is 70.1 cm³/mol. The second-order valence-corrected chi connectivity index (χ2v) is 7.57. The Hall–Kier alpha value is -0.620. The maximum absolute atomic E-state index is 11.8. The molecule has 0 aromatic rings. The minimum atomic E-state index is -2.80.